The lowest BCUT2D eigenvalue weighted by Crippen LogP contribution is -2.37. The molecule has 0 radical (unpaired) electrons. The molecule has 1 aliphatic heterocycles. The third kappa shape index (κ3) is 4.61. The number of rotatable bonds is 4. The van der Waals surface area contributed by atoms with Crippen LogP contribution in [0.1, 0.15) is 23.2 Å². The van der Waals surface area contributed by atoms with Crippen molar-refractivity contribution < 1.29 is 0 Å². The van der Waals surface area contributed by atoms with E-state index in [1.807, 2.05) is 0 Å². The van der Waals surface area contributed by atoms with Crippen LogP contribution in [0, 0.1) is 0 Å². The Morgan fingerprint density at radius 2 is 1.02 bits per heavy atom. The molecule has 256 valence electrons. The zero-order valence-corrected chi connectivity index (χ0v) is 29.9. The third-order valence-corrected chi connectivity index (χ3v) is 11.7. The number of hydrogen-bond donors (Lipinski definition) is 1. The number of benzene rings is 9. The topological polar surface area (TPSA) is 20.2 Å². The van der Waals surface area contributed by atoms with Gasteiger partial charge in [0.15, 0.2) is 0 Å². The van der Waals surface area contributed by atoms with Gasteiger partial charge in [0.25, 0.3) is 0 Å². The van der Waals surface area contributed by atoms with Crippen LogP contribution in [-0.4, -0.2) is 11.6 Å². The van der Waals surface area contributed by atoms with Crippen molar-refractivity contribution in [1.82, 2.24) is 4.57 Å². The highest BCUT2D eigenvalue weighted by Crippen LogP contribution is 2.49. The molecule has 1 aliphatic rings. The minimum Gasteiger partial charge on any atom is -0.374 e. The van der Waals surface area contributed by atoms with Gasteiger partial charge in [-0.05, 0) is 85.6 Å². The first-order valence-electron chi connectivity index (χ1n) is 18.8. The van der Waals surface area contributed by atoms with Crippen LogP contribution in [0.5, 0.6) is 0 Å². The molecule has 9 aromatic carbocycles. The number of nitrogens with one attached hydrogen (secondary N) is 1. The summed E-state index contributed by atoms with van der Waals surface area (Å²) in [5, 5.41) is 14.2. The van der Waals surface area contributed by atoms with Crippen LogP contribution in [0.2, 0.25) is 0 Å². The molecule has 0 saturated heterocycles. The summed E-state index contributed by atoms with van der Waals surface area (Å²) in [6, 6.07) is 69.1. The monoisotopic (exact) mass is 691 g/mol. The summed E-state index contributed by atoms with van der Waals surface area (Å²) < 4.78 is 2.51. The summed E-state index contributed by atoms with van der Waals surface area (Å²) in [6.07, 6.45) is 0. The van der Waals surface area contributed by atoms with Gasteiger partial charge in [0.05, 0.1) is 40.2 Å². The van der Waals surface area contributed by atoms with E-state index in [1.165, 1.54) is 87.8 Å². The highest BCUT2D eigenvalue weighted by atomic mass is 15.2. The molecule has 11 rings (SSSR count). The Labute approximate surface area is 314 Å². The van der Waals surface area contributed by atoms with Crippen molar-refractivity contribution in [3.63, 3.8) is 0 Å². The SMILES string of the molecule is CN1c2ccccc2NC(c2cccc(-c3ccccc3)c2)C1c1cccc2c(-n3c4ccc5ccccc5c4c4c5ccccc5ccc43)cccc12. The Kier molecular flexibility index (Phi) is 6.90. The molecule has 1 N–H and O–H groups in total. The molecule has 0 bridgehead atoms. The van der Waals surface area contributed by atoms with Crippen molar-refractivity contribution in [1.29, 1.82) is 0 Å². The molecule has 0 aliphatic carbocycles. The van der Waals surface area contributed by atoms with E-state index < -0.39 is 0 Å². The quantitative estimate of drug-likeness (QED) is 0.198. The molecule has 0 saturated carbocycles. The van der Waals surface area contributed by atoms with Crippen LogP contribution in [0.25, 0.3) is 70.9 Å². The minimum atomic E-state index is 0.00814. The first-order chi connectivity index (χ1) is 26.7. The molecular weight excluding hydrogens is 655 g/mol. The first-order valence-corrected chi connectivity index (χ1v) is 18.8. The summed E-state index contributed by atoms with van der Waals surface area (Å²) in [5.74, 6) is 0. The predicted molar refractivity (Wildman–Crippen MR) is 229 cm³/mol. The highest BCUT2D eigenvalue weighted by Gasteiger charge is 2.35. The van der Waals surface area contributed by atoms with Gasteiger partial charge < -0.3 is 14.8 Å². The lowest BCUT2D eigenvalue weighted by atomic mass is 9.85. The Morgan fingerprint density at radius 3 is 1.78 bits per heavy atom. The van der Waals surface area contributed by atoms with Gasteiger partial charge in [-0.15, -0.1) is 0 Å². The number of nitrogens with zero attached hydrogens (tertiary/aromatic N) is 2. The zero-order chi connectivity index (χ0) is 35.8. The fourth-order valence-electron chi connectivity index (χ4n) is 9.30. The molecule has 3 nitrogen and oxygen atoms in total. The summed E-state index contributed by atoms with van der Waals surface area (Å²) in [5.41, 5.74) is 11.0. The van der Waals surface area contributed by atoms with E-state index in [9.17, 15) is 0 Å². The molecule has 1 aromatic heterocycles. The summed E-state index contributed by atoms with van der Waals surface area (Å²) in [7, 11) is 2.25. The van der Waals surface area contributed by atoms with Crippen molar-refractivity contribution in [3.05, 3.63) is 199 Å². The van der Waals surface area contributed by atoms with E-state index in [4.69, 9.17) is 0 Å². The summed E-state index contributed by atoms with van der Waals surface area (Å²) >= 11 is 0. The second kappa shape index (κ2) is 12.1. The van der Waals surface area contributed by atoms with Gasteiger partial charge in [0, 0.05) is 23.2 Å². The van der Waals surface area contributed by atoms with Crippen LogP contribution in [-0.2, 0) is 0 Å². The molecular formula is C51H37N3. The van der Waals surface area contributed by atoms with Crippen molar-refractivity contribution in [2.75, 3.05) is 17.3 Å². The minimum absolute atomic E-state index is 0.00814. The first kappa shape index (κ1) is 30.8. The van der Waals surface area contributed by atoms with Gasteiger partial charge >= 0.3 is 0 Å². The fourth-order valence-corrected chi connectivity index (χ4v) is 9.30. The second-order valence-electron chi connectivity index (χ2n) is 14.6. The molecule has 3 heteroatoms. The second-order valence-corrected chi connectivity index (χ2v) is 14.6. The molecule has 0 spiro atoms. The van der Waals surface area contributed by atoms with Crippen molar-refractivity contribution in [2.24, 2.45) is 0 Å². The molecule has 54 heavy (non-hydrogen) atoms. The van der Waals surface area contributed by atoms with E-state index in [0.29, 0.717) is 0 Å². The van der Waals surface area contributed by atoms with Crippen molar-refractivity contribution in [2.45, 2.75) is 12.1 Å². The van der Waals surface area contributed by atoms with E-state index in [2.05, 4.69) is 210 Å². The highest BCUT2D eigenvalue weighted by molar-refractivity contribution is 6.28. The van der Waals surface area contributed by atoms with Crippen LogP contribution < -0.4 is 10.2 Å². The molecule has 2 heterocycles. The molecule has 10 aromatic rings. The van der Waals surface area contributed by atoms with E-state index in [-0.39, 0.29) is 12.1 Å². The van der Waals surface area contributed by atoms with Gasteiger partial charge in [0.2, 0.25) is 0 Å². The largest absolute Gasteiger partial charge is 0.374 e. The van der Waals surface area contributed by atoms with Gasteiger partial charge in [-0.25, -0.2) is 0 Å². The summed E-state index contributed by atoms with van der Waals surface area (Å²) in [6.45, 7) is 0. The molecule has 0 fully saturated rings. The Hall–Kier alpha value is -6.84. The number of likely N-dealkylation sites (N-methyl/N-ethyl adjacent to an activating group) is 1. The number of aromatic nitrogens is 1. The van der Waals surface area contributed by atoms with Crippen LogP contribution >= 0.6 is 0 Å². The maximum absolute atomic E-state index is 4.01. The standard InChI is InChI=1S/C51H37N3/c1-53-45-26-10-9-25-43(45)52-50(37-19-11-18-36(32-37)33-14-3-2-4-15-33)51(53)42-24-12-23-41-40(42)22-13-27-44(41)54-46-30-28-34-16-5-7-20-38(34)48(46)49-39-21-8-6-17-35(39)29-31-47(49)54/h2-32,50-52H,1H3. The van der Waals surface area contributed by atoms with Crippen LogP contribution in [0.3, 0.4) is 0 Å². The molecule has 0 amide bonds. The average Bonchev–Trinajstić information content (AvgIpc) is 3.59. The maximum Gasteiger partial charge on any atom is 0.0789 e. The molecule has 2 unspecified atom stereocenters. The number of hydrogen-bond acceptors (Lipinski definition) is 2. The third-order valence-electron chi connectivity index (χ3n) is 11.7. The van der Waals surface area contributed by atoms with Crippen LogP contribution in [0.4, 0.5) is 11.4 Å². The zero-order valence-electron chi connectivity index (χ0n) is 29.9. The lowest BCUT2D eigenvalue weighted by Gasteiger charge is -2.43. The number of fused-ring (bicyclic) bond motifs is 9. The number of anilines is 2. The smallest absolute Gasteiger partial charge is 0.0789 e. The normalized spacial score (nSPS) is 15.6. The summed E-state index contributed by atoms with van der Waals surface area (Å²) in [4.78, 5) is 2.48. The Morgan fingerprint density at radius 1 is 0.444 bits per heavy atom. The van der Waals surface area contributed by atoms with E-state index in [0.717, 1.165) is 5.69 Å². The average molecular weight is 692 g/mol. The van der Waals surface area contributed by atoms with Crippen molar-refractivity contribution >= 4 is 65.5 Å². The Bertz CT molecular complexity index is 2970. The van der Waals surface area contributed by atoms with Gasteiger partial charge in [-0.3, -0.25) is 0 Å². The maximum atomic E-state index is 4.01. The van der Waals surface area contributed by atoms with Gasteiger partial charge in [-0.1, -0.05) is 152 Å². The number of para-hydroxylation sites is 2. The fraction of sp³-hybridized carbons (Fsp3) is 0.0588. The van der Waals surface area contributed by atoms with E-state index >= 15 is 0 Å². The van der Waals surface area contributed by atoms with Crippen LogP contribution in [0.15, 0.2) is 188 Å². The van der Waals surface area contributed by atoms with Crippen molar-refractivity contribution in [3.8, 4) is 16.8 Å². The van der Waals surface area contributed by atoms with E-state index in [1.54, 1.807) is 0 Å². The molecule has 2 atom stereocenters. The Balaban J connectivity index is 1.16. The lowest BCUT2D eigenvalue weighted by molar-refractivity contribution is 0.564. The predicted octanol–water partition coefficient (Wildman–Crippen LogP) is 13.3. The van der Waals surface area contributed by atoms with Gasteiger partial charge in [0.1, 0.15) is 0 Å². The van der Waals surface area contributed by atoms with Gasteiger partial charge in [-0.2, -0.15) is 0 Å².